The summed E-state index contributed by atoms with van der Waals surface area (Å²) in [6.07, 6.45) is 0.343. The SMILES string of the molecule is O=C(Oc1c(Cl)cc(/N=N/c2ccc([N+](=O)[O-])cc2)cc1Cl)On1ccccc1=S. The highest BCUT2D eigenvalue weighted by atomic mass is 35.5. The van der Waals surface area contributed by atoms with E-state index in [1.54, 1.807) is 18.2 Å². The van der Waals surface area contributed by atoms with Gasteiger partial charge in [-0.2, -0.15) is 15.0 Å². The topological polar surface area (TPSA) is 108 Å². The zero-order valence-corrected chi connectivity index (χ0v) is 17.1. The van der Waals surface area contributed by atoms with Crippen molar-refractivity contribution in [3.8, 4) is 5.75 Å². The number of azo groups is 1. The van der Waals surface area contributed by atoms with Gasteiger partial charge in [0.1, 0.15) is 4.64 Å². The second-order valence-corrected chi connectivity index (χ2v) is 6.75. The average Bonchev–Trinajstić information content (AvgIpc) is 2.71. The van der Waals surface area contributed by atoms with E-state index < -0.39 is 11.1 Å². The molecule has 1 heterocycles. The van der Waals surface area contributed by atoms with Crippen molar-refractivity contribution >= 4 is 58.6 Å². The van der Waals surface area contributed by atoms with Crippen molar-refractivity contribution in [1.29, 1.82) is 0 Å². The lowest BCUT2D eigenvalue weighted by molar-refractivity contribution is -0.384. The van der Waals surface area contributed by atoms with Gasteiger partial charge in [-0.25, -0.2) is 4.79 Å². The summed E-state index contributed by atoms with van der Waals surface area (Å²) in [4.78, 5) is 27.1. The Morgan fingerprint density at radius 2 is 1.67 bits per heavy atom. The van der Waals surface area contributed by atoms with Gasteiger partial charge in [0.05, 0.1) is 26.3 Å². The Balaban J connectivity index is 1.73. The average molecular weight is 465 g/mol. The normalized spacial score (nSPS) is 10.7. The van der Waals surface area contributed by atoms with Crippen LogP contribution in [-0.4, -0.2) is 15.8 Å². The number of pyridine rings is 1. The molecule has 0 aliphatic carbocycles. The van der Waals surface area contributed by atoms with Gasteiger partial charge in [-0.3, -0.25) is 10.1 Å². The molecule has 1 aromatic heterocycles. The summed E-state index contributed by atoms with van der Waals surface area (Å²) in [5.41, 5.74) is 0.593. The van der Waals surface area contributed by atoms with Crippen molar-refractivity contribution in [3.63, 3.8) is 0 Å². The maximum atomic E-state index is 12.0. The number of nitro benzene ring substituents is 1. The second-order valence-electron chi connectivity index (χ2n) is 5.52. The van der Waals surface area contributed by atoms with E-state index in [1.807, 2.05) is 0 Å². The van der Waals surface area contributed by atoms with E-state index in [0.29, 0.717) is 5.69 Å². The summed E-state index contributed by atoms with van der Waals surface area (Å²) < 4.78 is 6.37. The number of benzene rings is 2. The number of non-ortho nitro benzene ring substituents is 1. The van der Waals surface area contributed by atoms with Crippen LogP contribution in [0.4, 0.5) is 21.9 Å². The van der Waals surface area contributed by atoms with E-state index in [0.717, 1.165) is 4.73 Å². The molecular formula is C18H10Cl2N4O5S. The molecule has 0 saturated carbocycles. The van der Waals surface area contributed by atoms with Crippen LogP contribution in [0.5, 0.6) is 5.75 Å². The van der Waals surface area contributed by atoms with Crippen LogP contribution in [0.3, 0.4) is 0 Å². The molecular weight excluding hydrogens is 455 g/mol. The number of rotatable bonds is 5. The molecule has 0 bridgehead atoms. The van der Waals surface area contributed by atoms with Crippen molar-refractivity contribution < 1.29 is 19.3 Å². The fourth-order valence-corrected chi connectivity index (χ4v) is 2.86. The van der Waals surface area contributed by atoms with Crippen LogP contribution >= 0.6 is 35.4 Å². The molecule has 0 fully saturated rings. The summed E-state index contributed by atoms with van der Waals surface area (Å²) in [6, 6.07) is 13.1. The number of hydrogen-bond acceptors (Lipinski definition) is 8. The molecule has 0 N–H and O–H groups in total. The Hall–Kier alpha value is -3.34. The molecule has 0 unspecified atom stereocenters. The molecule has 0 radical (unpaired) electrons. The summed E-state index contributed by atoms with van der Waals surface area (Å²) >= 11 is 17.3. The minimum absolute atomic E-state index is 0.00578. The lowest BCUT2D eigenvalue weighted by Gasteiger charge is -2.10. The van der Waals surface area contributed by atoms with E-state index in [-0.39, 0.29) is 31.8 Å². The van der Waals surface area contributed by atoms with E-state index in [1.165, 1.54) is 42.6 Å². The Kier molecular flexibility index (Phi) is 6.72. The summed E-state index contributed by atoms with van der Waals surface area (Å²) in [5.74, 6) is -0.125. The molecule has 30 heavy (non-hydrogen) atoms. The molecule has 3 rings (SSSR count). The minimum Gasteiger partial charge on any atom is -0.390 e. The van der Waals surface area contributed by atoms with Crippen LogP contribution in [0.25, 0.3) is 0 Å². The van der Waals surface area contributed by atoms with Crippen molar-refractivity contribution in [3.05, 3.63) is 85.6 Å². The number of carbonyl (C=O) groups excluding carboxylic acids is 1. The largest absolute Gasteiger partial charge is 0.539 e. The maximum absolute atomic E-state index is 12.0. The number of halogens is 2. The molecule has 0 amide bonds. The Morgan fingerprint density at radius 3 is 2.27 bits per heavy atom. The van der Waals surface area contributed by atoms with Crippen molar-refractivity contribution in [2.75, 3.05) is 0 Å². The smallest absolute Gasteiger partial charge is 0.390 e. The van der Waals surface area contributed by atoms with Crippen LogP contribution in [0.1, 0.15) is 0 Å². The first kappa shape index (κ1) is 21.4. The lowest BCUT2D eigenvalue weighted by atomic mass is 10.3. The second kappa shape index (κ2) is 9.44. The van der Waals surface area contributed by atoms with E-state index in [2.05, 4.69) is 10.2 Å². The van der Waals surface area contributed by atoms with Gasteiger partial charge >= 0.3 is 6.16 Å². The quantitative estimate of drug-likeness (QED) is 0.107. The molecule has 3 aromatic rings. The van der Waals surface area contributed by atoms with Gasteiger partial charge in [-0.1, -0.05) is 41.5 Å². The standard InChI is InChI=1S/C18H10Cl2N4O5S/c19-14-9-12(22-21-11-4-6-13(7-5-11)24(26)27)10-15(20)17(14)28-18(25)29-23-8-2-1-3-16(23)30/h1-10H/b22-21+. The van der Waals surface area contributed by atoms with Crippen LogP contribution in [0.15, 0.2) is 71.0 Å². The number of nitrogens with zero attached hydrogens (tertiary/aromatic N) is 4. The Bertz CT molecular complexity index is 1170. The number of carbonyl (C=O) groups is 1. The molecule has 152 valence electrons. The van der Waals surface area contributed by atoms with Gasteiger partial charge < -0.3 is 9.57 Å². The van der Waals surface area contributed by atoms with Gasteiger partial charge in [-0.05, 0) is 36.4 Å². The van der Waals surface area contributed by atoms with Gasteiger partial charge in [0.15, 0.2) is 5.75 Å². The molecule has 2 aromatic carbocycles. The Morgan fingerprint density at radius 1 is 1.03 bits per heavy atom. The van der Waals surface area contributed by atoms with Crippen LogP contribution in [-0.2, 0) is 0 Å². The minimum atomic E-state index is -1.10. The van der Waals surface area contributed by atoms with Crippen LogP contribution in [0.2, 0.25) is 10.0 Å². The summed E-state index contributed by atoms with van der Waals surface area (Å²) in [6.45, 7) is 0. The predicted octanol–water partition coefficient (Wildman–Crippen LogP) is 6.48. The molecule has 0 aliphatic heterocycles. The molecule has 0 atom stereocenters. The third-order valence-corrected chi connectivity index (χ3v) is 4.35. The monoisotopic (exact) mass is 464 g/mol. The van der Waals surface area contributed by atoms with Crippen molar-refractivity contribution in [1.82, 2.24) is 4.73 Å². The highest BCUT2D eigenvalue weighted by molar-refractivity contribution is 7.71. The predicted molar refractivity (Wildman–Crippen MR) is 112 cm³/mol. The zero-order chi connectivity index (χ0) is 21.7. The first-order chi connectivity index (χ1) is 14.3. The third kappa shape index (κ3) is 5.38. The van der Waals surface area contributed by atoms with Crippen molar-refractivity contribution in [2.24, 2.45) is 10.2 Å². The van der Waals surface area contributed by atoms with Gasteiger partial charge in [0, 0.05) is 18.3 Å². The first-order valence-corrected chi connectivity index (χ1v) is 9.23. The molecule has 12 heteroatoms. The van der Waals surface area contributed by atoms with Gasteiger partial charge in [-0.15, -0.1) is 0 Å². The number of hydrogen-bond donors (Lipinski definition) is 0. The highest BCUT2D eigenvalue weighted by Gasteiger charge is 2.16. The molecule has 9 nitrogen and oxygen atoms in total. The molecule has 0 aliphatic rings. The van der Waals surface area contributed by atoms with Crippen LogP contribution < -0.4 is 9.57 Å². The summed E-state index contributed by atoms with van der Waals surface area (Å²) in [5, 5.41) is 18.6. The molecule has 0 spiro atoms. The number of ether oxygens (including phenoxy) is 1. The first-order valence-electron chi connectivity index (χ1n) is 8.06. The van der Waals surface area contributed by atoms with E-state index in [9.17, 15) is 14.9 Å². The third-order valence-electron chi connectivity index (χ3n) is 3.47. The fourth-order valence-electron chi connectivity index (χ4n) is 2.13. The Labute approximate surface area is 184 Å². The maximum Gasteiger partial charge on any atom is 0.539 e. The van der Waals surface area contributed by atoms with E-state index in [4.69, 9.17) is 45.0 Å². The van der Waals surface area contributed by atoms with Gasteiger partial charge in [0.25, 0.3) is 5.69 Å². The zero-order valence-electron chi connectivity index (χ0n) is 14.8. The number of aromatic nitrogens is 1. The highest BCUT2D eigenvalue weighted by Crippen LogP contribution is 2.37. The fraction of sp³-hybridized carbons (Fsp3) is 0. The lowest BCUT2D eigenvalue weighted by Crippen LogP contribution is -2.23. The van der Waals surface area contributed by atoms with Gasteiger partial charge in [0.2, 0.25) is 0 Å². The van der Waals surface area contributed by atoms with Crippen LogP contribution in [0, 0.1) is 14.8 Å². The number of nitro groups is 1. The molecule has 0 saturated heterocycles. The van der Waals surface area contributed by atoms with Crippen molar-refractivity contribution in [2.45, 2.75) is 0 Å². The summed E-state index contributed by atoms with van der Waals surface area (Å²) in [7, 11) is 0. The van der Waals surface area contributed by atoms with E-state index >= 15 is 0 Å².